The Morgan fingerprint density at radius 3 is 2.62 bits per heavy atom. The van der Waals surface area contributed by atoms with E-state index >= 15 is 0 Å². The molecule has 0 amide bonds. The quantitative estimate of drug-likeness (QED) is 0.252. The molecule has 2 aromatic rings. The average Bonchev–Trinajstić information content (AvgIpc) is 3.01. The Morgan fingerprint density at radius 1 is 1.10 bits per heavy atom. The number of piperidine rings is 1. The maximum absolute atomic E-state index is 11.8. The molecule has 1 fully saturated rings. The standard InChI is InChI=1S/C33H48N2O7/c1-4-25(33(36)37)20-27-21-29(26-8-10-28(11-9-26)40-17-6-16-39-3)32(22-34-27)42-23-24-7-12-31-30(19-24)35(14-18-41-31)13-5-15-38-2/h7-12,19,25,27,29,32,34H,4-6,13-18,20-23H2,1-3H3,(H,36,37)/t25?,27?,29?,32-/m0/s1. The largest absolute Gasteiger partial charge is 0.494 e. The molecule has 2 aliphatic heterocycles. The second-order valence-electron chi connectivity index (χ2n) is 11.2. The summed E-state index contributed by atoms with van der Waals surface area (Å²) in [5.41, 5.74) is 3.40. The van der Waals surface area contributed by atoms with Gasteiger partial charge >= 0.3 is 5.97 Å². The molecule has 0 bridgehead atoms. The second kappa shape index (κ2) is 16.7. The summed E-state index contributed by atoms with van der Waals surface area (Å²) in [5.74, 6) is 0.804. The Kier molecular flexibility index (Phi) is 12.8. The number of nitrogens with one attached hydrogen (secondary N) is 1. The maximum atomic E-state index is 11.8. The van der Waals surface area contributed by atoms with Crippen LogP contribution in [-0.2, 0) is 25.6 Å². The molecule has 2 aliphatic rings. The number of nitrogens with zero attached hydrogens (tertiary/aromatic N) is 1. The van der Waals surface area contributed by atoms with Crippen LogP contribution in [0, 0.1) is 5.92 Å². The summed E-state index contributed by atoms with van der Waals surface area (Å²) in [7, 11) is 3.43. The van der Waals surface area contributed by atoms with Crippen LogP contribution in [0.3, 0.4) is 0 Å². The molecule has 1 saturated heterocycles. The smallest absolute Gasteiger partial charge is 0.306 e. The number of hydrogen-bond acceptors (Lipinski definition) is 8. The molecule has 2 N–H and O–H groups in total. The first kappa shape index (κ1) is 32.1. The first-order valence-electron chi connectivity index (χ1n) is 15.3. The molecule has 2 heterocycles. The second-order valence-corrected chi connectivity index (χ2v) is 11.2. The van der Waals surface area contributed by atoms with Gasteiger partial charge in [-0.1, -0.05) is 25.1 Å². The van der Waals surface area contributed by atoms with Crippen molar-refractivity contribution in [1.29, 1.82) is 0 Å². The number of rotatable bonds is 17. The van der Waals surface area contributed by atoms with Gasteiger partial charge in [0.2, 0.25) is 0 Å². The van der Waals surface area contributed by atoms with E-state index < -0.39 is 5.97 Å². The van der Waals surface area contributed by atoms with Crippen molar-refractivity contribution in [3.05, 3.63) is 53.6 Å². The lowest BCUT2D eigenvalue weighted by Gasteiger charge is -2.38. The van der Waals surface area contributed by atoms with Gasteiger partial charge in [0.15, 0.2) is 0 Å². The summed E-state index contributed by atoms with van der Waals surface area (Å²) >= 11 is 0. The molecule has 9 nitrogen and oxygen atoms in total. The van der Waals surface area contributed by atoms with Crippen molar-refractivity contribution in [2.45, 2.75) is 63.7 Å². The highest BCUT2D eigenvalue weighted by Gasteiger charge is 2.34. The van der Waals surface area contributed by atoms with Crippen LogP contribution in [0.2, 0.25) is 0 Å². The van der Waals surface area contributed by atoms with Gasteiger partial charge in [0.25, 0.3) is 0 Å². The highest BCUT2D eigenvalue weighted by molar-refractivity contribution is 5.69. The molecule has 4 atom stereocenters. The van der Waals surface area contributed by atoms with Gasteiger partial charge in [-0.2, -0.15) is 0 Å². The van der Waals surface area contributed by atoms with Crippen LogP contribution in [0.1, 0.15) is 56.1 Å². The lowest BCUT2D eigenvalue weighted by atomic mass is 9.81. The van der Waals surface area contributed by atoms with Crippen LogP contribution in [0.4, 0.5) is 5.69 Å². The van der Waals surface area contributed by atoms with E-state index in [1.165, 1.54) is 5.56 Å². The van der Waals surface area contributed by atoms with E-state index in [-0.39, 0.29) is 24.0 Å². The highest BCUT2D eigenvalue weighted by Crippen LogP contribution is 2.36. The fourth-order valence-electron chi connectivity index (χ4n) is 5.91. The van der Waals surface area contributed by atoms with Gasteiger partial charge < -0.3 is 39.0 Å². The van der Waals surface area contributed by atoms with Crippen LogP contribution in [-0.4, -0.2) is 83.5 Å². The molecule has 232 valence electrons. The molecule has 42 heavy (non-hydrogen) atoms. The summed E-state index contributed by atoms with van der Waals surface area (Å²) < 4.78 is 28.8. The van der Waals surface area contributed by atoms with Gasteiger partial charge in [0.1, 0.15) is 18.1 Å². The Balaban J connectivity index is 1.45. The van der Waals surface area contributed by atoms with Gasteiger partial charge in [-0.25, -0.2) is 0 Å². The third kappa shape index (κ3) is 9.07. The van der Waals surface area contributed by atoms with E-state index in [2.05, 4.69) is 34.5 Å². The fourth-order valence-corrected chi connectivity index (χ4v) is 5.91. The third-order valence-electron chi connectivity index (χ3n) is 8.30. The van der Waals surface area contributed by atoms with E-state index in [0.29, 0.717) is 45.8 Å². The van der Waals surface area contributed by atoms with Crippen LogP contribution in [0.15, 0.2) is 42.5 Å². The summed E-state index contributed by atoms with van der Waals surface area (Å²) in [5, 5.41) is 13.3. The monoisotopic (exact) mass is 584 g/mol. The Bertz CT molecular complexity index is 1100. The normalized spacial score (nSPS) is 20.9. The molecule has 4 rings (SSSR count). The van der Waals surface area contributed by atoms with E-state index in [1.54, 1.807) is 14.2 Å². The van der Waals surface area contributed by atoms with Gasteiger partial charge in [-0.05, 0) is 61.1 Å². The van der Waals surface area contributed by atoms with E-state index in [0.717, 1.165) is 61.7 Å². The number of carboxylic acids is 1. The molecular weight excluding hydrogens is 536 g/mol. The number of methoxy groups -OCH3 is 2. The molecule has 2 aromatic carbocycles. The first-order chi connectivity index (χ1) is 20.5. The van der Waals surface area contributed by atoms with Gasteiger partial charge in [-0.3, -0.25) is 4.79 Å². The number of benzene rings is 2. The van der Waals surface area contributed by atoms with Crippen molar-refractivity contribution >= 4 is 11.7 Å². The van der Waals surface area contributed by atoms with E-state index in [4.69, 9.17) is 23.7 Å². The zero-order chi connectivity index (χ0) is 29.7. The number of carbonyl (C=O) groups is 1. The summed E-state index contributed by atoms with van der Waals surface area (Å²) in [6.45, 7) is 7.58. The van der Waals surface area contributed by atoms with Crippen molar-refractivity contribution in [3.8, 4) is 11.5 Å². The zero-order valence-corrected chi connectivity index (χ0v) is 25.4. The van der Waals surface area contributed by atoms with Crippen molar-refractivity contribution in [2.24, 2.45) is 5.92 Å². The van der Waals surface area contributed by atoms with E-state index in [1.807, 2.05) is 25.1 Å². The summed E-state index contributed by atoms with van der Waals surface area (Å²) in [6, 6.07) is 14.7. The number of hydrogen-bond donors (Lipinski definition) is 2. The molecular formula is C33H48N2O7. The van der Waals surface area contributed by atoms with Crippen LogP contribution in [0.5, 0.6) is 11.5 Å². The van der Waals surface area contributed by atoms with E-state index in [9.17, 15) is 9.90 Å². The average molecular weight is 585 g/mol. The van der Waals surface area contributed by atoms with Crippen molar-refractivity contribution in [1.82, 2.24) is 5.32 Å². The maximum Gasteiger partial charge on any atom is 0.306 e. The molecule has 3 unspecified atom stereocenters. The molecule has 9 heteroatoms. The Hall–Kier alpha value is -2.85. The lowest BCUT2D eigenvalue weighted by molar-refractivity contribution is -0.142. The minimum Gasteiger partial charge on any atom is -0.494 e. The highest BCUT2D eigenvalue weighted by atomic mass is 16.5. The van der Waals surface area contributed by atoms with Gasteiger partial charge in [0.05, 0.1) is 37.5 Å². The minimum atomic E-state index is -0.725. The predicted molar refractivity (Wildman–Crippen MR) is 163 cm³/mol. The fraction of sp³-hybridized carbons (Fsp3) is 0.606. The van der Waals surface area contributed by atoms with Crippen LogP contribution < -0.4 is 19.7 Å². The van der Waals surface area contributed by atoms with Crippen LogP contribution >= 0.6 is 0 Å². The third-order valence-corrected chi connectivity index (χ3v) is 8.30. The Morgan fingerprint density at radius 2 is 1.88 bits per heavy atom. The molecule has 0 aliphatic carbocycles. The number of ether oxygens (including phenoxy) is 5. The minimum absolute atomic E-state index is 0.0512. The van der Waals surface area contributed by atoms with Crippen molar-refractivity contribution in [2.75, 3.05) is 65.2 Å². The van der Waals surface area contributed by atoms with Crippen LogP contribution in [0.25, 0.3) is 0 Å². The number of carboxylic acid groups (broad SMARTS) is 1. The molecule has 0 aromatic heterocycles. The zero-order valence-electron chi connectivity index (χ0n) is 25.4. The lowest BCUT2D eigenvalue weighted by Crippen LogP contribution is -2.48. The summed E-state index contributed by atoms with van der Waals surface area (Å²) in [4.78, 5) is 14.1. The number of aliphatic carboxylic acids is 1. The summed E-state index contributed by atoms with van der Waals surface area (Å²) in [6.07, 6.45) is 3.80. The molecule has 0 saturated carbocycles. The topological polar surface area (TPSA) is 98.7 Å². The molecule has 0 radical (unpaired) electrons. The van der Waals surface area contributed by atoms with Gasteiger partial charge in [-0.15, -0.1) is 0 Å². The number of fused-ring (bicyclic) bond motifs is 1. The molecule has 0 spiro atoms. The van der Waals surface area contributed by atoms with Crippen molar-refractivity contribution in [3.63, 3.8) is 0 Å². The Labute approximate surface area is 250 Å². The first-order valence-corrected chi connectivity index (χ1v) is 15.3. The predicted octanol–water partition coefficient (Wildman–Crippen LogP) is 4.87. The van der Waals surface area contributed by atoms with Crippen molar-refractivity contribution < 1.29 is 33.6 Å². The SMILES string of the molecule is CCC(CC1CC(c2ccc(OCCCOC)cc2)[C@@H](OCc2ccc3c(c2)N(CCCOC)CCO3)CN1)C(=O)O. The van der Waals surface area contributed by atoms with Gasteiger partial charge in [0, 0.05) is 58.9 Å². The number of anilines is 1.